The van der Waals surface area contributed by atoms with Gasteiger partial charge in [0, 0.05) is 22.0 Å². The minimum Gasteiger partial charge on any atom is -0.326 e. The molecule has 1 aliphatic heterocycles. The van der Waals surface area contributed by atoms with Crippen LogP contribution < -0.4 is 10.6 Å². The van der Waals surface area contributed by atoms with Gasteiger partial charge in [0.05, 0.1) is 6.42 Å². The summed E-state index contributed by atoms with van der Waals surface area (Å²) in [5.74, 6) is -1.03. The van der Waals surface area contributed by atoms with Crippen molar-refractivity contribution in [2.24, 2.45) is 0 Å². The molecule has 0 saturated heterocycles. The van der Waals surface area contributed by atoms with Crippen molar-refractivity contribution < 1.29 is 14.0 Å². The molecule has 0 radical (unpaired) electrons. The van der Waals surface area contributed by atoms with Crippen LogP contribution in [0.25, 0.3) is 0 Å². The molecule has 0 unspecified atom stereocenters. The lowest BCUT2D eigenvalue weighted by Gasteiger charge is -2.07. The molecule has 0 bridgehead atoms. The van der Waals surface area contributed by atoms with Crippen molar-refractivity contribution in [2.75, 3.05) is 10.6 Å². The van der Waals surface area contributed by atoms with Crippen molar-refractivity contribution in [3.63, 3.8) is 0 Å². The van der Waals surface area contributed by atoms with Crippen molar-refractivity contribution in [3.8, 4) is 0 Å². The minimum atomic E-state index is -0.529. The van der Waals surface area contributed by atoms with Gasteiger partial charge in [0.15, 0.2) is 0 Å². The Bertz CT molecular complexity index is 741. The zero-order chi connectivity index (χ0) is 15.0. The Morgan fingerprint density at radius 3 is 2.81 bits per heavy atom. The summed E-state index contributed by atoms with van der Waals surface area (Å²) in [5, 5.41) is 5.44. The van der Waals surface area contributed by atoms with Gasteiger partial charge < -0.3 is 10.6 Å². The predicted octanol–water partition coefficient (Wildman–Crippen LogP) is 3.23. The zero-order valence-electron chi connectivity index (χ0n) is 10.7. The summed E-state index contributed by atoms with van der Waals surface area (Å²) in [6.07, 6.45) is 0.316. The van der Waals surface area contributed by atoms with Crippen LogP contribution in [0.3, 0.4) is 0 Å². The molecule has 106 valence electrons. The third-order valence-corrected chi connectivity index (χ3v) is 3.34. The Hall–Kier alpha value is -2.40. The molecule has 1 heterocycles. The zero-order valence-corrected chi connectivity index (χ0v) is 11.5. The lowest BCUT2D eigenvalue weighted by atomic mass is 10.1. The predicted molar refractivity (Wildman–Crippen MR) is 78.1 cm³/mol. The van der Waals surface area contributed by atoms with E-state index in [4.69, 9.17) is 11.6 Å². The Labute approximate surface area is 124 Å². The van der Waals surface area contributed by atoms with Crippen LogP contribution in [0, 0.1) is 5.82 Å². The monoisotopic (exact) mass is 304 g/mol. The second-order valence-electron chi connectivity index (χ2n) is 4.71. The molecular formula is C15H10ClFN2O2. The number of amides is 2. The first-order chi connectivity index (χ1) is 10.0. The molecule has 0 saturated carbocycles. The number of fused-ring (bicyclic) bond motifs is 1. The van der Waals surface area contributed by atoms with Crippen LogP contribution in [0.4, 0.5) is 15.8 Å². The normalized spacial score (nSPS) is 12.8. The lowest BCUT2D eigenvalue weighted by Crippen LogP contribution is -2.12. The standard InChI is InChI=1S/C15H10ClFN2O2/c16-10-5-11(17)7-12(6-10)18-15(21)9-2-1-8-4-14(20)19-13(8)3-9/h1-3,5-7H,4H2,(H,18,21)(H,19,20). The highest BCUT2D eigenvalue weighted by Crippen LogP contribution is 2.25. The van der Waals surface area contributed by atoms with Crippen LogP contribution in [0.1, 0.15) is 15.9 Å². The van der Waals surface area contributed by atoms with E-state index >= 15 is 0 Å². The van der Waals surface area contributed by atoms with E-state index in [1.165, 1.54) is 12.1 Å². The van der Waals surface area contributed by atoms with Crippen molar-refractivity contribution in [3.05, 3.63) is 58.4 Å². The second-order valence-corrected chi connectivity index (χ2v) is 5.15. The van der Waals surface area contributed by atoms with Gasteiger partial charge in [0.25, 0.3) is 5.91 Å². The van der Waals surface area contributed by atoms with Gasteiger partial charge in [-0.3, -0.25) is 9.59 Å². The smallest absolute Gasteiger partial charge is 0.255 e. The van der Waals surface area contributed by atoms with Crippen molar-refractivity contribution in [1.29, 1.82) is 0 Å². The molecule has 6 heteroatoms. The molecule has 0 spiro atoms. The summed E-state index contributed by atoms with van der Waals surface area (Å²) in [6.45, 7) is 0. The quantitative estimate of drug-likeness (QED) is 0.895. The van der Waals surface area contributed by atoms with Crippen LogP contribution in [0.15, 0.2) is 36.4 Å². The highest BCUT2D eigenvalue weighted by Gasteiger charge is 2.19. The van der Waals surface area contributed by atoms with Crippen LogP contribution in [-0.4, -0.2) is 11.8 Å². The summed E-state index contributed by atoms with van der Waals surface area (Å²) in [4.78, 5) is 23.4. The van der Waals surface area contributed by atoms with Crippen LogP contribution >= 0.6 is 11.6 Å². The number of carbonyl (C=O) groups is 2. The molecule has 2 N–H and O–H groups in total. The number of hydrogen-bond donors (Lipinski definition) is 2. The molecule has 0 aromatic heterocycles. The Balaban J connectivity index is 1.83. The summed E-state index contributed by atoms with van der Waals surface area (Å²) in [7, 11) is 0. The summed E-state index contributed by atoms with van der Waals surface area (Å²) in [5.41, 5.74) is 2.13. The van der Waals surface area contributed by atoms with Gasteiger partial charge in [-0.25, -0.2) is 4.39 Å². The van der Waals surface area contributed by atoms with Crippen LogP contribution in [0.5, 0.6) is 0 Å². The molecule has 21 heavy (non-hydrogen) atoms. The number of halogens is 2. The number of carbonyl (C=O) groups excluding carboxylic acids is 2. The largest absolute Gasteiger partial charge is 0.326 e. The lowest BCUT2D eigenvalue weighted by molar-refractivity contribution is -0.115. The topological polar surface area (TPSA) is 58.2 Å². The van der Waals surface area contributed by atoms with E-state index in [9.17, 15) is 14.0 Å². The molecule has 2 aromatic rings. The Morgan fingerprint density at radius 2 is 2.05 bits per heavy atom. The van der Waals surface area contributed by atoms with Gasteiger partial charge in [-0.2, -0.15) is 0 Å². The number of rotatable bonds is 2. The van der Waals surface area contributed by atoms with Gasteiger partial charge >= 0.3 is 0 Å². The third-order valence-electron chi connectivity index (χ3n) is 3.12. The van der Waals surface area contributed by atoms with Gasteiger partial charge in [0.2, 0.25) is 5.91 Å². The first-order valence-electron chi connectivity index (χ1n) is 6.21. The molecule has 3 rings (SSSR count). The number of hydrogen-bond acceptors (Lipinski definition) is 2. The maximum absolute atomic E-state index is 13.2. The Morgan fingerprint density at radius 1 is 1.24 bits per heavy atom. The van der Waals surface area contributed by atoms with Gasteiger partial charge in [-0.05, 0) is 35.9 Å². The highest BCUT2D eigenvalue weighted by atomic mass is 35.5. The summed E-state index contributed by atoms with van der Waals surface area (Å²) >= 11 is 5.73. The molecular weight excluding hydrogens is 295 g/mol. The summed E-state index contributed by atoms with van der Waals surface area (Å²) < 4.78 is 13.2. The van der Waals surface area contributed by atoms with Crippen LogP contribution in [-0.2, 0) is 11.2 Å². The maximum Gasteiger partial charge on any atom is 0.255 e. The second kappa shape index (κ2) is 5.18. The molecule has 0 aliphatic carbocycles. The molecule has 1 aliphatic rings. The van der Waals surface area contributed by atoms with Crippen molar-refractivity contribution in [2.45, 2.75) is 6.42 Å². The maximum atomic E-state index is 13.2. The fourth-order valence-electron chi connectivity index (χ4n) is 2.18. The van der Waals surface area contributed by atoms with Crippen LogP contribution in [0.2, 0.25) is 5.02 Å². The fourth-order valence-corrected chi connectivity index (χ4v) is 2.41. The summed E-state index contributed by atoms with van der Waals surface area (Å²) in [6, 6.07) is 8.73. The van der Waals surface area contributed by atoms with Gasteiger partial charge in [-0.1, -0.05) is 17.7 Å². The van der Waals surface area contributed by atoms with Gasteiger partial charge in [-0.15, -0.1) is 0 Å². The number of anilines is 2. The van der Waals surface area contributed by atoms with Crippen molar-refractivity contribution in [1.82, 2.24) is 0 Å². The third kappa shape index (κ3) is 2.87. The van der Waals surface area contributed by atoms with E-state index in [1.807, 2.05) is 0 Å². The van der Waals surface area contributed by atoms with E-state index < -0.39 is 11.7 Å². The van der Waals surface area contributed by atoms with Gasteiger partial charge in [0.1, 0.15) is 5.82 Å². The minimum absolute atomic E-state index is 0.0977. The molecule has 4 nitrogen and oxygen atoms in total. The van der Waals surface area contributed by atoms with Crippen molar-refractivity contribution >= 4 is 34.8 Å². The number of benzene rings is 2. The average Bonchev–Trinajstić information content (AvgIpc) is 2.76. The number of nitrogens with one attached hydrogen (secondary N) is 2. The SMILES string of the molecule is O=C1Cc2ccc(C(=O)Nc3cc(F)cc(Cl)c3)cc2N1. The van der Waals surface area contributed by atoms with E-state index in [0.717, 1.165) is 11.6 Å². The first-order valence-corrected chi connectivity index (χ1v) is 6.59. The molecule has 0 fully saturated rings. The Kier molecular flexibility index (Phi) is 3.35. The van der Waals surface area contributed by atoms with E-state index in [-0.39, 0.29) is 16.6 Å². The molecule has 2 aromatic carbocycles. The first kappa shape index (κ1) is 13.6. The average molecular weight is 305 g/mol. The van der Waals surface area contributed by atoms with E-state index in [2.05, 4.69) is 10.6 Å². The molecule has 0 atom stereocenters. The highest BCUT2D eigenvalue weighted by molar-refractivity contribution is 6.31. The molecule has 2 amide bonds. The van der Waals surface area contributed by atoms with E-state index in [1.54, 1.807) is 18.2 Å². The fraction of sp³-hybridized carbons (Fsp3) is 0.0667. The van der Waals surface area contributed by atoms with E-state index in [0.29, 0.717) is 17.7 Å².